The van der Waals surface area contributed by atoms with Gasteiger partial charge in [-0.2, -0.15) is 13.2 Å². The first kappa shape index (κ1) is 17.8. The molecule has 0 spiro atoms. The molecule has 0 saturated carbocycles. The number of alkyl halides is 3. The number of benzene rings is 2. The van der Waals surface area contributed by atoms with Crippen LogP contribution in [-0.2, 0) is 19.0 Å². The Morgan fingerprint density at radius 1 is 1.08 bits per heavy atom. The molecule has 0 unspecified atom stereocenters. The van der Waals surface area contributed by atoms with Gasteiger partial charge in [-0.15, -0.1) is 0 Å². The normalized spacial score (nSPS) is 12.1. The summed E-state index contributed by atoms with van der Waals surface area (Å²) in [5, 5.41) is -0.314. The molecule has 0 atom stereocenters. The van der Waals surface area contributed by atoms with Crippen molar-refractivity contribution in [1.29, 1.82) is 0 Å². The van der Waals surface area contributed by atoms with E-state index in [1.165, 1.54) is 11.6 Å². The molecule has 3 rings (SSSR count). The van der Waals surface area contributed by atoms with Gasteiger partial charge in [0.2, 0.25) is 0 Å². The van der Waals surface area contributed by atoms with Crippen LogP contribution in [0.5, 0.6) is 0 Å². The number of halogens is 4. The van der Waals surface area contributed by atoms with Gasteiger partial charge in [-0.05, 0) is 36.2 Å². The minimum atomic E-state index is -4.50. The molecule has 0 N–H and O–H groups in total. The van der Waals surface area contributed by atoms with Crippen molar-refractivity contribution >= 4 is 22.6 Å². The highest BCUT2D eigenvalue weighted by Gasteiger charge is 2.34. The number of rotatable bonds is 4. The summed E-state index contributed by atoms with van der Waals surface area (Å²) in [6, 6.07) is 10.4. The van der Waals surface area contributed by atoms with Gasteiger partial charge in [0.1, 0.15) is 5.82 Å². The number of imidazole rings is 1. The molecule has 1 heterocycles. The minimum absolute atomic E-state index is 0.297. The van der Waals surface area contributed by atoms with Crippen LogP contribution in [0.3, 0.4) is 0 Å². The van der Waals surface area contributed by atoms with Crippen molar-refractivity contribution in [3.8, 4) is 5.69 Å². The van der Waals surface area contributed by atoms with Gasteiger partial charge in [0.15, 0.2) is 0 Å². The number of nitrogens with zero attached hydrogens (tertiary/aromatic N) is 2. The Kier molecular flexibility index (Phi) is 4.78. The molecule has 0 aliphatic heterocycles. The second-order valence-electron chi connectivity index (χ2n) is 5.95. The quantitative estimate of drug-likeness (QED) is 0.536. The summed E-state index contributed by atoms with van der Waals surface area (Å²) < 4.78 is 41.1. The van der Waals surface area contributed by atoms with Crippen molar-refractivity contribution < 1.29 is 13.2 Å². The maximum Gasteiger partial charge on any atom is 0.417 e. The number of fused-ring (bicyclic) bond motifs is 1. The molecule has 6 heteroatoms. The van der Waals surface area contributed by atoms with E-state index in [1.807, 2.05) is 35.8 Å². The van der Waals surface area contributed by atoms with Crippen molar-refractivity contribution in [2.24, 2.45) is 0 Å². The lowest BCUT2D eigenvalue weighted by atomic mass is 10.1. The SMILES string of the molecule is CCCc1ccc(-n2c(CC)nc3cc(C(F)(F)F)c(Cl)cc32)cc1. The molecule has 0 radical (unpaired) electrons. The molecule has 1 aromatic heterocycles. The van der Waals surface area contributed by atoms with Crippen LogP contribution in [0.25, 0.3) is 16.7 Å². The third kappa shape index (κ3) is 3.38. The lowest BCUT2D eigenvalue weighted by Crippen LogP contribution is -2.06. The van der Waals surface area contributed by atoms with E-state index in [-0.39, 0.29) is 5.02 Å². The van der Waals surface area contributed by atoms with Crippen molar-refractivity contribution in [1.82, 2.24) is 9.55 Å². The van der Waals surface area contributed by atoms with Crippen LogP contribution in [0.4, 0.5) is 13.2 Å². The van der Waals surface area contributed by atoms with Gasteiger partial charge in [-0.1, -0.05) is 44.0 Å². The Balaban J connectivity index is 2.18. The van der Waals surface area contributed by atoms with E-state index in [2.05, 4.69) is 11.9 Å². The molecular weight excluding hydrogens is 349 g/mol. The summed E-state index contributed by atoms with van der Waals surface area (Å²) in [5.41, 5.74) is 2.12. The lowest BCUT2D eigenvalue weighted by molar-refractivity contribution is -0.137. The van der Waals surface area contributed by atoms with Crippen LogP contribution in [0.2, 0.25) is 5.02 Å². The zero-order valence-electron chi connectivity index (χ0n) is 14.0. The van der Waals surface area contributed by atoms with Crippen molar-refractivity contribution in [2.75, 3.05) is 0 Å². The third-order valence-electron chi connectivity index (χ3n) is 4.17. The molecule has 0 fully saturated rings. The summed E-state index contributed by atoms with van der Waals surface area (Å²) in [6.07, 6.45) is -1.84. The lowest BCUT2D eigenvalue weighted by Gasteiger charge is -2.11. The Hall–Kier alpha value is -2.01. The highest BCUT2D eigenvalue weighted by atomic mass is 35.5. The van der Waals surface area contributed by atoms with Gasteiger partial charge in [-0.25, -0.2) is 4.98 Å². The van der Waals surface area contributed by atoms with Gasteiger partial charge in [-0.3, -0.25) is 4.57 Å². The first-order valence-corrected chi connectivity index (χ1v) is 8.60. The van der Waals surface area contributed by atoms with Crippen LogP contribution < -0.4 is 0 Å². The number of hydrogen-bond acceptors (Lipinski definition) is 1. The first-order valence-electron chi connectivity index (χ1n) is 8.22. The summed E-state index contributed by atoms with van der Waals surface area (Å²) in [4.78, 5) is 4.39. The average molecular weight is 367 g/mol. The van der Waals surface area contributed by atoms with E-state index in [9.17, 15) is 13.2 Å². The molecule has 0 aliphatic rings. The fourth-order valence-corrected chi connectivity index (χ4v) is 3.26. The zero-order chi connectivity index (χ0) is 18.2. The van der Waals surface area contributed by atoms with Gasteiger partial charge in [0.25, 0.3) is 0 Å². The standard InChI is InChI=1S/C19H18ClF3N2/c1-3-5-12-6-8-13(9-7-12)25-17-11-15(20)14(19(21,22)23)10-16(17)24-18(25)4-2/h6-11H,3-5H2,1-2H3. The largest absolute Gasteiger partial charge is 0.417 e. The Labute approximate surface area is 149 Å². The highest BCUT2D eigenvalue weighted by molar-refractivity contribution is 6.32. The molecule has 25 heavy (non-hydrogen) atoms. The second-order valence-corrected chi connectivity index (χ2v) is 6.36. The molecular formula is C19H18ClF3N2. The molecule has 2 aromatic carbocycles. The molecule has 0 saturated heterocycles. The van der Waals surface area contributed by atoms with Crippen LogP contribution in [-0.4, -0.2) is 9.55 Å². The van der Waals surface area contributed by atoms with Gasteiger partial charge in [0.05, 0.1) is 21.6 Å². The Morgan fingerprint density at radius 2 is 1.76 bits per heavy atom. The summed E-state index contributed by atoms with van der Waals surface area (Å²) >= 11 is 5.91. The number of hydrogen-bond donors (Lipinski definition) is 0. The van der Waals surface area contributed by atoms with E-state index in [4.69, 9.17) is 11.6 Å². The molecule has 0 aliphatic carbocycles. The van der Waals surface area contributed by atoms with Gasteiger partial charge in [0, 0.05) is 12.1 Å². The fourth-order valence-electron chi connectivity index (χ4n) is 2.99. The maximum absolute atomic E-state index is 13.1. The van der Waals surface area contributed by atoms with E-state index >= 15 is 0 Å². The van der Waals surface area contributed by atoms with Crippen LogP contribution in [0.1, 0.15) is 37.2 Å². The molecule has 0 amide bonds. The average Bonchev–Trinajstić information content (AvgIpc) is 2.92. The predicted octanol–water partition coefficient (Wildman–Crippen LogP) is 6.21. The first-order chi connectivity index (χ1) is 11.8. The van der Waals surface area contributed by atoms with E-state index in [1.54, 1.807) is 0 Å². The van der Waals surface area contributed by atoms with Crippen molar-refractivity contribution in [2.45, 2.75) is 39.3 Å². The minimum Gasteiger partial charge on any atom is -0.296 e. The zero-order valence-corrected chi connectivity index (χ0v) is 14.7. The van der Waals surface area contributed by atoms with E-state index in [0.29, 0.717) is 23.3 Å². The van der Waals surface area contributed by atoms with Crippen molar-refractivity contribution in [3.63, 3.8) is 0 Å². The summed E-state index contributed by atoms with van der Waals surface area (Å²) in [7, 11) is 0. The monoisotopic (exact) mass is 366 g/mol. The fraction of sp³-hybridized carbons (Fsp3) is 0.316. The molecule has 0 bridgehead atoms. The van der Waals surface area contributed by atoms with E-state index < -0.39 is 11.7 Å². The Bertz CT molecular complexity index is 896. The van der Waals surface area contributed by atoms with E-state index in [0.717, 1.165) is 24.6 Å². The highest BCUT2D eigenvalue weighted by Crippen LogP contribution is 2.37. The molecule has 2 nitrogen and oxygen atoms in total. The van der Waals surface area contributed by atoms with Gasteiger partial charge < -0.3 is 0 Å². The maximum atomic E-state index is 13.1. The third-order valence-corrected chi connectivity index (χ3v) is 4.48. The second kappa shape index (κ2) is 6.71. The van der Waals surface area contributed by atoms with Crippen LogP contribution in [0.15, 0.2) is 36.4 Å². The number of aromatic nitrogens is 2. The molecule has 132 valence electrons. The molecule has 3 aromatic rings. The summed E-state index contributed by atoms with van der Waals surface area (Å²) in [6.45, 7) is 4.04. The van der Waals surface area contributed by atoms with Crippen molar-refractivity contribution in [3.05, 3.63) is 58.4 Å². The van der Waals surface area contributed by atoms with Gasteiger partial charge >= 0.3 is 6.18 Å². The van der Waals surface area contributed by atoms with Crippen LogP contribution in [0, 0.1) is 0 Å². The number of aryl methyl sites for hydroxylation is 2. The predicted molar refractivity (Wildman–Crippen MR) is 94.5 cm³/mol. The smallest absolute Gasteiger partial charge is 0.296 e. The summed E-state index contributed by atoms with van der Waals surface area (Å²) in [5.74, 6) is 0.702. The van der Waals surface area contributed by atoms with Crippen LogP contribution >= 0.6 is 11.6 Å². The topological polar surface area (TPSA) is 17.8 Å². The Morgan fingerprint density at radius 3 is 2.32 bits per heavy atom.